The highest BCUT2D eigenvalue weighted by atomic mass is 32.2. The summed E-state index contributed by atoms with van der Waals surface area (Å²) >= 11 is 3.14. The van der Waals surface area contributed by atoms with E-state index in [9.17, 15) is 4.79 Å². The minimum atomic E-state index is 0.0374. The Bertz CT molecular complexity index is 909. The molecule has 0 aliphatic heterocycles. The largest absolute Gasteiger partial charge is 0.290 e. The first kappa shape index (κ1) is 15.3. The smallest absolute Gasteiger partial charge is 0.263 e. The van der Waals surface area contributed by atoms with Crippen molar-refractivity contribution < 1.29 is 0 Å². The highest BCUT2D eigenvalue weighted by molar-refractivity contribution is 7.99. The standard InChI is InChI=1S/C17H18N2OS2/c1-5-21-17-18-15-14(16(20)19(17)4)13(9-22-15)12-7-6-10(2)11(3)8-12/h6-9H,5H2,1-4H3. The molecule has 0 atom stereocenters. The molecule has 114 valence electrons. The molecule has 2 heterocycles. The van der Waals surface area contributed by atoms with Gasteiger partial charge in [-0.25, -0.2) is 4.98 Å². The van der Waals surface area contributed by atoms with E-state index >= 15 is 0 Å². The lowest BCUT2D eigenvalue weighted by atomic mass is 10.0. The first-order valence-electron chi connectivity index (χ1n) is 7.21. The summed E-state index contributed by atoms with van der Waals surface area (Å²) in [5.74, 6) is 0.904. The van der Waals surface area contributed by atoms with E-state index in [1.165, 1.54) is 11.1 Å². The van der Waals surface area contributed by atoms with Gasteiger partial charge in [0.05, 0.1) is 5.39 Å². The van der Waals surface area contributed by atoms with Crippen LogP contribution in [0.4, 0.5) is 0 Å². The summed E-state index contributed by atoms with van der Waals surface area (Å²) in [6.07, 6.45) is 0. The van der Waals surface area contributed by atoms with Gasteiger partial charge in [0.2, 0.25) is 0 Å². The van der Waals surface area contributed by atoms with Crippen LogP contribution < -0.4 is 5.56 Å². The molecule has 0 saturated heterocycles. The maximum Gasteiger partial charge on any atom is 0.263 e. The van der Waals surface area contributed by atoms with Crippen molar-refractivity contribution in [2.75, 3.05) is 5.75 Å². The molecule has 0 unspecified atom stereocenters. The fourth-order valence-electron chi connectivity index (χ4n) is 2.43. The third-order valence-corrected chi connectivity index (χ3v) is 5.65. The molecule has 0 radical (unpaired) electrons. The Balaban J connectivity index is 2.26. The van der Waals surface area contributed by atoms with Crippen LogP contribution in [-0.4, -0.2) is 15.3 Å². The van der Waals surface area contributed by atoms with Gasteiger partial charge in [0, 0.05) is 18.0 Å². The van der Waals surface area contributed by atoms with Crippen molar-refractivity contribution in [3.05, 3.63) is 45.1 Å². The summed E-state index contributed by atoms with van der Waals surface area (Å²) in [7, 11) is 1.80. The van der Waals surface area contributed by atoms with Crippen molar-refractivity contribution in [1.29, 1.82) is 0 Å². The SMILES string of the molecule is CCSc1nc2scc(-c3ccc(C)c(C)c3)c2c(=O)n1C. The van der Waals surface area contributed by atoms with Gasteiger partial charge in [-0.2, -0.15) is 0 Å². The van der Waals surface area contributed by atoms with E-state index in [0.717, 1.165) is 32.3 Å². The zero-order chi connectivity index (χ0) is 15.9. The van der Waals surface area contributed by atoms with Gasteiger partial charge < -0.3 is 0 Å². The zero-order valence-electron chi connectivity index (χ0n) is 13.1. The molecular formula is C17H18N2OS2. The maximum atomic E-state index is 12.7. The predicted molar refractivity (Wildman–Crippen MR) is 96.2 cm³/mol. The molecule has 0 amide bonds. The fraction of sp³-hybridized carbons (Fsp3) is 0.294. The third kappa shape index (κ3) is 2.48. The van der Waals surface area contributed by atoms with Gasteiger partial charge in [-0.15, -0.1) is 11.3 Å². The number of benzene rings is 1. The number of fused-ring (bicyclic) bond motifs is 1. The molecule has 0 aliphatic rings. The van der Waals surface area contributed by atoms with Crippen LogP contribution in [0, 0.1) is 13.8 Å². The minimum absolute atomic E-state index is 0.0374. The molecule has 22 heavy (non-hydrogen) atoms. The average molecular weight is 330 g/mol. The minimum Gasteiger partial charge on any atom is -0.290 e. The Kier molecular flexibility index (Phi) is 4.10. The summed E-state index contributed by atoms with van der Waals surface area (Å²) in [5.41, 5.74) is 4.61. The van der Waals surface area contributed by atoms with E-state index in [2.05, 4.69) is 44.0 Å². The van der Waals surface area contributed by atoms with Gasteiger partial charge in [0.15, 0.2) is 5.16 Å². The summed E-state index contributed by atoms with van der Waals surface area (Å²) in [4.78, 5) is 18.2. The van der Waals surface area contributed by atoms with Gasteiger partial charge in [0.1, 0.15) is 4.83 Å². The molecule has 5 heteroatoms. The second kappa shape index (κ2) is 5.89. The Hall–Kier alpha value is -1.59. The Morgan fingerprint density at radius 2 is 2.05 bits per heavy atom. The normalized spacial score (nSPS) is 11.3. The quantitative estimate of drug-likeness (QED) is 0.528. The summed E-state index contributed by atoms with van der Waals surface area (Å²) in [5, 5.41) is 3.56. The van der Waals surface area contributed by atoms with E-state index in [4.69, 9.17) is 0 Å². The van der Waals surface area contributed by atoms with Crippen LogP contribution in [0.5, 0.6) is 0 Å². The maximum absolute atomic E-state index is 12.7. The van der Waals surface area contributed by atoms with E-state index in [1.54, 1.807) is 34.7 Å². The lowest BCUT2D eigenvalue weighted by molar-refractivity contribution is 0.728. The van der Waals surface area contributed by atoms with Crippen LogP contribution >= 0.6 is 23.1 Å². The fourth-order valence-corrected chi connectivity index (χ4v) is 4.12. The molecule has 0 saturated carbocycles. The molecule has 0 N–H and O–H groups in total. The van der Waals surface area contributed by atoms with Crippen LogP contribution in [0.1, 0.15) is 18.1 Å². The second-order valence-corrected chi connectivity index (χ2v) is 7.41. The van der Waals surface area contributed by atoms with Crippen LogP contribution in [0.25, 0.3) is 21.3 Å². The third-order valence-electron chi connectivity index (χ3n) is 3.87. The van der Waals surface area contributed by atoms with E-state index in [1.807, 2.05) is 5.38 Å². The molecule has 3 aromatic rings. The van der Waals surface area contributed by atoms with E-state index < -0.39 is 0 Å². The number of thiophene rings is 1. The van der Waals surface area contributed by atoms with Crippen molar-refractivity contribution in [3.8, 4) is 11.1 Å². The number of aromatic nitrogens is 2. The summed E-state index contributed by atoms with van der Waals surface area (Å²) < 4.78 is 1.66. The monoisotopic (exact) mass is 330 g/mol. The highest BCUT2D eigenvalue weighted by Crippen LogP contribution is 2.32. The molecule has 0 aliphatic carbocycles. The van der Waals surface area contributed by atoms with E-state index in [-0.39, 0.29) is 5.56 Å². The number of hydrogen-bond acceptors (Lipinski definition) is 4. The second-order valence-electron chi connectivity index (χ2n) is 5.32. The number of hydrogen-bond donors (Lipinski definition) is 0. The lowest BCUT2D eigenvalue weighted by Crippen LogP contribution is -2.19. The number of rotatable bonds is 3. The van der Waals surface area contributed by atoms with Gasteiger partial charge in [0.25, 0.3) is 5.56 Å². The van der Waals surface area contributed by atoms with Gasteiger partial charge in [-0.3, -0.25) is 9.36 Å². The molecule has 3 nitrogen and oxygen atoms in total. The number of thioether (sulfide) groups is 1. The van der Waals surface area contributed by atoms with Crippen molar-refractivity contribution in [2.24, 2.45) is 7.05 Å². The highest BCUT2D eigenvalue weighted by Gasteiger charge is 2.15. The number of nitrogens with zero attached hydrogens (tertiary/aromatic N) is 2. The molecule has 2 aromatic heterocycles. The predicted octanol–water partition coefficient (Wildman–Crippen LogP) is 4.39. The van der Waals surface area contributed by atoms with Gasteiger partial charge in [-0.1, -0.05) is 36.9 Å². The Morgan fingerprint density at radius 1 is 1.27 bits per heavy atom. The first-order chi connectivity index (χ1) is 10.5. The molecule has 0 spiro atoms. The Morgan fingerprint density at radius 3 is 2.73 bits per heavy atom. The van der Waals surface area contributed by atoms with Crippen LogP contribution in [0.15, 0.2) is 33.5 Å². The van der Waals surface area contributed by atoms with Crippen LogP contribution in [0.3, 0.4) is 0 Å². The molecule has 0 bridgehead atoms. The van der Waals surface area contributed by atoms with E-state index in [0.29, 0.717) is 0 Å². The number of aryl methyl sites for hydroxylation is 2. The average Bonchev–Trinajstić information content (AvgIpc) is 2.91. The molecule has 3 rings (SSSR count). The van der Waals surface area contributed by atoms with Crippen molar-refractivity contribution >= 4 is 33.3 Å². The van der Waals surface area contributed by atoms with Crippen LogP contribution in [-0.2, 0) is 7.05 Å². The summed E-state index contributed by atoms with van der Waals surface area (Å²) in [6.45, 7) is 6.26. The first-order valence-corrected chi connectivity index (χ1v) is 9.08. The van der Waals surface area contributed by atoms with Gasteiger partial charge in [-0.05, 0) is 36.3 Å². The lowest BCUT2D eigenvalue weighted by Gasteiger charge is -2.07. The topological polar surface area (TPSA) is 34.9 Å². The van der Waals surface area contributed by atoms with Crippen molar-refractivity contribution in [2.45, 2.75) is 25.9 Å². The van der Waals surface area contributed by atoms with Gasteiger partial charge >= 0.3 is 0 Å². The van der Waals surface area contributed by atoms with Crippen molar-refractivity contribution in [3.63, 3.8) is 0 Å². The zero-order valence-corrected chi connectivity index (χ0v) is 14.8. The molecule has 1 aromatic carbocycles. The van der Waals surface area contributed by atoms with Crippen molar-refractivity contribution in [1.82, 2.24) is 9.55 Å². The Labute approximate surface area is 138 Å². The molecule has 0 fully saturated rings. The molecular weight excluding hydrogens is 312 g/mol. The van der Waals surface area contributed by atoms with Crippen LogP contribution in [0.2, 0.25) is 0 Å². The summed E-state index contributed by atoms with van der Waals surface area (Å²) in [6, 6.07) is 6.33.